The minimum atomic E-state index is -0.926. The van der Waals surface area contributed by atoms with Crippen molar-refractivity contribution < 1.29 is 5.11 Å². The third-order valence-electron chi connectivity index (χ3n) is 4.88. The lowest BCUT2D eigenvalue weighted by Gasteiger charge is -2.37. The molecule has 22 heavy (non-hydrogen) atoms. The van der Waals surface area contributed by atoms with Crippen LogP contribution in [0.5, 0.6) is 0 Å². The summed E-state index contributed by atoms with van der Waals surface area (Å²) in [7, 11) is 0. The van der Waals surface area contributed by atoms with Gasteiger partial charge < -0.3 is 5.11 Å². The van der Waals surface area contributed by atoms with Gasteiger partial charge in [-0.1, -0.05) is 49.8 Å². The highest BCUT2D eigenvalue weighted by Gasteiger charge is 2.31. The van der Waals surface area contributed by atoms with Gasteiger partial charge in [-0.3, -0.25) is 0 Å². The maximum atomic E-state index is 10.8. The van der Waals surface area contributed by atoms with Crippen molar-refractivity contribution in [1.82, 2.24) is 0 Å². The number of hydrogen-bond acceptors (Lipinski definition) is 2. The standard InChI is InChI=1S/C20H28OS/c1-15-7-6-13-19(2,3)18(15)12-14-20(4,21)16-8-10-17(22-5)11-9-16/h7-12,14,18,21H,6,13H2,1-5H3/b14-12+. The Labute approximate surface area is 139 Å². The second-order valence-corrected chi connectivity index (χ2v) is 8.07. The van der Waals surface area contributed by atoms with Gasteiger partial charge in [0.25, 0.3) is 0 Å². The topological polar surface area (TPSA) is 20.2 Å². The average Bonchev–Trinajstić information content (AvgIpc) is 2.46. The number of allylic oxidation sites excluding steroid dienone is 3. The van der Waals surface area contributed by atoms with Gasteiger partial charge in [-0.15, -0.1) is 11.8 Å². The van der Waals surface area contributed by atoms with Gasteiger partial charge in [0.1, 0.15) is 5.60 Å². The summed E-state index contributed by atoms with van der Waals surface area (Å²) in [6.07, 6.45) is 10.9. The van der Waals surface area contributed by atoms with Crippen molar-refractivity contribution >= 4 is 11.8 Å². The Hall–Kier alpha value is -0.990. The Bertz CT molecular complexity index is 564. The highest BCUT2D eigenvalue weighted by molar-refractivity contribution is 7.98. The molecule has 1 nitrogen and oxygen atoms in total. The summed E-state index contributed by atoms with van der Waals surface area (Å²) < 4.78 is 0. The lowest BCUT2D eigenvalue weighted by molar-refractivity contribution is 0.109. The van der Waals surface area contributed by atoms with Crippen molar-refractivity contribution in [1.29, 1.82) is 0 Å². The summed E-state index contributed by atoms with van der Waals surface area (Å²) in [6, 6.07) is 8.17. The van der Waals surface area contributed by atoms with E-state index in [9.17, 15) is 5.11 Å². The molecule has 1 aliphatic rings. The van der Waals surface area contributed by atoms with Crippen LogP contribution in [0.1, 0.15) is 46.1 Å². The van der Waals surface area contributed by atoms with Crippen molar-refractivity contribution in [2.45, 2.75) is 51.0 Å². The normalized spacial score (nSPS) is 24.1. The van der Waals surface area contributed by atoms with E-state index in [-0.39, 0.29) is 5.41 Å². The van der Waals surface area contributed by atoms with E-state index in [1.54, 1.807) is 11.8 Å². The van der Waals surface area contributed by atoms with Crippen molar-refractivity contribution in [2.75, 3.05) is 6.26 Å². The predicted molar refractivity (Wildman–Crippen MR) is 97.2 cm³/mol. The van der Waals surface area contributed by atoms with Crippen LogP contribution in [0, 0.1) is 11.3 Å². The molecule has 1 aromatic carbocycles. The second-order valence-electron chi connectivity index (χ2n) is 7.19. The maximum absolute atomic E-state index is 10.8. The molecule has 0 saturated carbocycles. The molecule has 1 aliphatic carbocycles. The van der Waals surface area contributed by atoms with E-state index in [4.69, 9.17) is 0 Å². The van der Waals surface area contributed by atoms with E-state index in [0.717, 1.165) is 12.0 Å². The van der Waals surface area contributed by atoms with E-state index >= 15 is 0 Å². The van der Waals surface area contributed by atoms with Crippen LogP contribution in [-0.4, -0.2) is 11.4 Å². The van der Waals surface area contributed by atoms with Gasteiger partial charge >= 0.3 is 0 Å². The van der Waals surface area contributed by atoms with E-state index < -0.39 is 5.60 Å². The van der Waals surface area contributed by atoms with Gasteiger partial charge in [0.2, 0.25) is 0 Å². The SMILES string of the molecule is CSc1ccc(C(C)(O)/C=C/C2C(C)=CCCC2(C)C)cc1. The number of rotatable bonds is 4. The van der Waals surface area contributed by atoms with Crippen LogP contribution in [0.3, 0.4) is 0 Å². The first-order valence-corrected chi connectivity index (χ1v) is 9.22. The lowest BCUT2D eigenvalue weighted by Crippen LogP contribution is -2.27. The molecule has 0 fully saturated rings. The number of aliphatic hydroxyl groups is 1. The smallest absolute Gasteiger partial charge is 0.105 e. The fourth-order valence-corrected chi connectivity index (χ4v) is 3.70. The summed E-state index contributed by atoms with van der Waals surface area (Å²) in [5, 5.41) is 10.8. The zero-order valence-electron chi connectivity index (χ0n) is 14.4. The van der Waals surface area contributed by atoms with Crippen LogP contribution < -0.4 is 0 Å². The van der Waals surface area contributed by atoms with Crippen molar-refractivity contribution in [3.63, 3.8) is 0 Å². The van der Waals surface area contributed by atoms with E-state index in [0.29, 0.717) is 5.92 Å². The third-order valence-corrected chi connectivity index (χ3v) is 5.62. The van der Waals surface area contributed by atoms with E-state index in [1.807, 2.05) is 25.1 Å². The monoisotopic (exact) mass is 316 g/mol. The number of thioether (sulfide) groups is 1. The second kappa shape index (κ2) is 6.64. The van der Waals surface area contributed by atoms with Crippen LogP contribution >= 0.6 is 11.8 Å². The van der Waals surface area contributed by atoms with Crippen molar-refractivity contribution in [3.8, 4) is 0 Å². The van der Waals surface area contributed by atoms with Crippen molar-refractivity contribution in [2.24, 2.45) is 11.3 Å². The molecule has 0 heterocycles. The number of benzene rings is 1. The first kappa shape index (κ1) is 17.4. The molecule has 2 rings (SSSR count). The Morgan fingerprint density at radius 1 is 1.27 bits per heavy atom. The molecule has 0 saturated heterocycles. The number of hydrogen-bond donors (Lipinski definition) is 1. The van der Waals surface area contributed by atoms with Crippen LogP contribution in [0.15, 0.2) is 53.0 Å². The van der Waals surface area contributed by atoms with Gasteiger partial charge in [-0.25, -0.2) is 0 Å². The summed E-state index contributed by atoms with van der Waals surface area (Å²) in [5.74, 6) is 0.401. The third kappa shape index (κ3) is 3.85. The molecule has 0 bridgehead atoms. The Balaban J connectivity index is 2.22. The first-order valence-electron chi connectivity index (χ1n) is 7.99. The first-order chi connectivity index (χ1) is 10.3. The molecule has 1 N–H and O–H groups in total. The highest BCUT2D eigenvalue weighted by Crippen LogP contribution is 2.42. The van der Waals surface area contributed by atoms with Crippen LogP contribution in [0.2, 0.25) is 0 Å². The zero-order valence-corrected chi connectivity index (χ0v) is 15.2. The Kier molecular flexibility index (Phi) is 5.24. The minimum Gasteiger partial charge on any atom is -0.381 e. The largest absolute Gasteiger partial charge is 0.381 e. The summed E-state index contributed by atoms with van der Waals surface area (Å²) >= 11 is 1.72. The fourth-order valence-electron chi connectivity index (χ4n) is 3.29. The van der Waals surface area contributed by atoms with Gasteiger partial charge in [0, 0.05) is 10.8 Å². The molecule has 2 atom stereocenters. The maximum Gasteiger partial charge on any atom is 0.105 e. The Morgan fingerprint density at radius 2 is 1.91 bits per heavy atom. The van der Waals surface area contributed by atoms with Crippen LogP contribution in [0.4, 0.5) is 0 Å². The highest BCUT2D eigenvalue weighted by atomic mass is 32.2. The van der Waals surface area contributed by atoms with Gasteiger partial charge in [0.05, 0.1) is 0 Å². The van der Waals surface area contributed by atoms with Gasteiger partial charge in [-0.05, 0) is 56.1 Å². The predicted octanol–water partition coefficient (Wildman–Crippen LogP) is 5.55. The average molecular weight is 317 g/mol. The van der Waals surface area contributed by atoms with E-state index in [2.05, 4.69) is 51.3 Å². The van der Waals surface area contributed by atoms with Crippen LogP contribution in [0.25, 0.3) is 0 Å². The zero-order chi connectivity index (χ0) is 16.4. The van der Waals surface area contributed by atoms with Gasteiger partial charge in [-0.2, -0.15) is 0 Å². The summed E-state index contributed by atoms with van der Waals surface area (Å²) in [6.45, 7) is 8.71. The van der Waals surface area contributed by atoms with Crippen molar-refractivity contribution in [3.05, 3.63) is 53.6 Å². The lowest BCUT2D eigenvalue weighted by atomic mass is 9.68. The molecule has 2 heteroatoms. The molecule has 0 aliphatic heterocycles. The molecule has 120 valence electrons. The molecule has 1 aromatic rings. The molecular formula is C20H28OS. The molecule has 0 aromatic heterocycles. The quantitative estimate of drug-likeness (QED) is 0.580. The molecule has 0 amide bonds. The molecule has 0 spiro atoms. The fraction of sp³-hybridized carbons (Fsp3) is 0.500. The van der Waals surface area contributed by atoms with E-state index in [1.165, 1.54) is 16.9 Å². The Morgan fingerprint density at radius 3 is 2.45 bits per heavy atom. The molecule has 0 radical (unpaired) electrons. The summed E-state index contributed by atoms with van der Waals surface area (Å²) in [4.78, 5) is 1.22. The van der Waals surface area contributed by atoms with Crippen LogP contribution in [-0.2, 0) is 5.60 Å². The molecular weight excluding hydrogens is 288 g/mol. The van der Waals surface area contributed by atoms with Gasteiger partial charge in [0.15, 0.2) is 0 Å². The summed E-state index contributed by atoms with van der Waals surface area (Å²) in [5.41, 5.74) is 1.69. The minimum absolute atomic E-state index is 0.258. The molecule has 2 unspecified atom stereocenters.